The molecule has 0 saturated heterocycles. The molecule has 0 unspecified atom stereocenters. The fourth-order valence-corrected chi connectivity index (χ4v) is 2.60. The normalized spacial score (nSPS) is 14.7. The number of allylic oxidation sites excluding steroid dienone is 1. The van der Waals surface area contributed by atoms with Crippen LogP contribution in [0.4, 0.5) is 0 Å². The minimum atomic E-state index is 0.740. The molecule has 0 fully saturated rings. The molecule has 80 valence electrons. The Morgan fingerprint density at radius 2 is 1.93 bits per heavy atom. The molecule has 0 N–H and O–H groups in total. The van der Waals surface area contributed by atoms with Gasteiger partial charge in [0.1, 0.15) is 0 Å². The first kappa shape index (κ1) is 10.5. The molecular weight excluding hydrogens is 180 g/mol. The molecule has 0 amide bonds. The maximum absolute atomic E-state index is 4.11. The molecule has 1 aromatic rings. The molecule has 0 saturated carbocycles. The lowest BCUT2D eigenvalue weighted by Gasteiger charge is -2.14. The average molecular weight is 200 g/mol. The quantitative estimate of drug-likeness (QED) is 0.671. The summed E-state index contributed by atoms with van der Waals surface area (Å²) < 4.78 is 0. The number of fused-ring (bicyclic) bond motifs is 1. The summed E-state index contributed by atoms with van der Waals surface area (Å²) in [6.07, 6.45) is 4.84. The summed E-state index contributed by atoms with van der Waals surface area (Å²) in [5.41, 5.74) is 5.77. The van der Waals surface area contributed by atoms with E-state index in [0.717, 1.165) is 12.3 Å². The van der Waals surface area contributed by atoms with Gasteiger partial charge in [0.15, 0.2) is 0 Å². The Bertz CT molecular complexity index is 370. The largest absolute Gasteiger partial charge is 0.0952 e. The molecule has 0 heteroatoms. The van der Waals surface area contributed by atoms with E-state index in [2.05, 4.69) is 38.6 Å². The predicted octanol–water partition coefficient (Wildman–Crippen LogP) is 4.55. The molecule has 0 spiro atoms. The van der Waals surface area contributed by atoms with Gasteiger partial charge in [-0.3, -0.25) is 0 Å². The van der Waals surface area contributed by atoms with Crippen molar-refractivity contribution < 1.29 is 0 Å². The fourth-order valence-electron chi connectivity index (χ4n) is 2.60. The molecule has 0 aliphatic heterocycles. The minimum absolute atomic E-state index is 0.740. The summed E-state index contributed by atoms with van der Waals surface area (Å²) >= 11 is 0. The molecular formula is C15H20. The summed E-state index contributed by atoms with van der Waals surface area (Å²) in [5, 5.41) is 0. The maximum atomic E-state index is 4.11. The van der Waals surface area contributed by atoms with E-state index < -0.39 is 0 Å². The summed E-state index contributed by atoms with van der Waals surface area (Å²) in [6.45, 7) is 8.67. The molecule has 2 rings (SSSR count). The lowest BCUT2D eigenvalue weighted by Crippen LogP contribution is -1.96. The molecule has 0 radical (unpaired) electrons. The van der Waals surface area contributed by atoms with E-state index in [1.165, 1.54) is 41.5 Å². The second kappa shape index (κ2) is 4.22. The summed E-state index contributed by atoms with van der Waals surface area (Å²) in [7, 11) is 0. The monoisotopic (exact) mass is 200 g/mol. The van der Waals surface area contributed by atoms with Crippen molar-refractivity contribution in [2.75, 3.05) is 0 Å². The first-order valence-corrected chi connectivity index (χ1v) is 6.07. The lowest BCUT2D eigenvalue weighted by molar-refractivity contribution is 0.641. The van der Waals surface area contributed by atoms with Gasteiger partial charge in [-0.1, -0.05) is 38.6 Å². The molecule has 1 aliphatic carbocycles. The van der Waals surface area contributed by atoms with Crippen molar-refractivity contribution in [3.8, 4) is 0 Å². The van der Waals surface area contributed by atoms with Gasteiger partial charge >= 0.3 is 0 Å². The molecule has 0 atom stereocenters. The van der Waals surface area contributed by atoms with Crippen LogP contribution in [0.2, 0.25) is 0 Å². The van der Waals surface area contributed by atoms with E-state index in [9.17, 15) is 0 Å². The second-order valence-corrected chi connectivity index (χ2v) is 4.53. The van der Waals surface area contributed by atoms with Crippen LogP contribution in [0.5, 0.6) is 0 Å². The van der Waals surface area contributed by atoms with Gasteiger partial charge < -0.3 is 0 Å². The van der Waals surface area contributed by atoms with Gasteiger partial charge in [0.25, 0.3) is 0 Å². The summed E-state index contributed by atoms with van der Waals surface area (Å²) in [5.74, 6) is 0.740. The van der Waals surface area contributed by atoms with Crippen LogP contribution in [0.1, 0.15) is 55.7 Å². The van der Waals surface area contributed by atoms with Crippen molar-refractivity contribution in [2.24, 2.45) is 0 Å². The highest BCUT2D eigenvalue weighted by atomic mass is 14.2. The van der Waals surface area contributed by atoms with Crippen LogP contribution in [0.3, 0.4) is 0 Å². The van der Waals surface area contributed by atoms with Crippen molar-refractivity contribution in [1.82, 2.24) is 0 Å². The van der Waals surface area contributed by atoms with Crippen LogP contribution in [0, 0.1) is 0 Å². The van der Waals surface area contributed by atoms with E-state index in [4.69, 9.17) is 0 Å². The van der Waals surface area contributed by atoms with Crippen molar-refractivity contribution in [3.63, 3.8) is 0 Å². The third-order valence-electron chi connectivity index (χ3n) is 3.66. The number of rotatable bonds is 3. The smallest absolute Gasteiger partial charge is 0.0167 e. The highest BCUT2D eigenvalue weighted by Gasteiger charge is 2.16. The van der Waals surface area contributed by atoms with E-state index in [-0.39, 0.29) is 0 Å². The Hall–Kier alpha value is -1.04. The van der Waals surface area contributed by atoms with Gasteiger partial charge in [-0.05, 0) is 53.9 Å². The molecule has 0 heterocycles. The molecule has 1 aliphatic rings. The topological polar surface area (TPSA) is 0 Å². The molecule has 15 heavy (non-hydrogen) atoms. The van der Waals surface area contributed by atoms with Crippen LogP contribution in [-0.2, 0) is 6.42 Å². The Morgan fingerprint density at radius 1 is 1.20 bits per heavy atom. The van der Waals surface area contributed by atoms with Crippen LogP contribution in [0.25, 0.3) is 5.57 Å². The van der Waals surface area contributed by atoms with Crippen molar-refractivity contribution in [1.29, 1.82) is 0 Å². The maximum Gasteiger partial charge on any atom is -0.0167 e. The minimum Gasteiger partial charge on any atom is -0.0952 e. The number of aryl methyl sites for hydroxylation is 1. The highest BCUT2D eigenvalue weighted by molar-refractivity contribution is 5.71. The van der Waals surface area contributed by atoms with Gasteiger partial charge in [0.05, 0.1) is 0 Å². The molecule has 1 aromatic carbocycles. The Balaban J connectivity index is 2.34. The summed E-state index contributed by atoms with van der Waals surface area (Å²) in [6, 6.07) is 6.98. The zero-order valence-corrected chi connectivity index (χ0v) is 9.84. The van der Waals surface area contributed by atoms with Gasteiger partial charge in [-0.2, -0.15) is 0 Å². The average Bonchev–Trinajstić information content (AvgIpc) is 2.62. The van der Waals surface area contributed by atoms with Gasteiger partial charge in [-0.15, -0.1) is 0 Å². The third-order valence-corrected chi connectivity index (χ3v) is 3.66. The van der Waals surface area contributed by atoms with Crippen molar-refractivity contribution in [2.45, 2.75) is 45.4 Å². The zero-order chi connectivity index (χ0) is 10.8. The van der Waals surface area contributed by atoms with Crippen LogP contribution in [0.15, 0.2) is 24.8 Å². The van der Waals surface area contributed by atoms with Gasteiger partial charge in [0.2, 0.25) is 0 Å². The SMILES string of the molecule is C=C1CCc2cc(C(CC)CC)ccc21. The first-order valence-electron chi connectivity index (χ1n) is 6.07. The predicted molar refractivity (Wildman–Crippen MR) is 67.1 cm³/mol. The van der Waals surface area contributed by atoms with E-state index in [1.807, 2.05) is 0 Å². The number of hydrogen-bond donors (Lipinski definition) is 0. The van der Waals surface area contributed by atoms with Crippen LogP contribution < -0.4 is 0 Å². The zero-order valence-electron chi connectivity index (χ0n) is 9.84. The Labute approximate surface area is 93.0 Å². The molecule has 0 aromatic heterocycles. The molecule has 0 nitrogen and oxygen atoms in total. The Morgan fingerprint density at radius 3 is 2.60 bits per heavy atom. The van der Waals surface area contributed by atoms with E-state index in [1.54, 1.807) is 0 Å². The highest BCUT2D eigenvalue weighted by Crippen LogP contribution is 2.34. The fraction of sp³-hybridized carbons (Fsp3) is 0.467. The number of hydrogen-bond acceptors (Lipinski definition) is 0. The van der Waals surface area contributed by atoms with Crippen LogP contribution >= 0.6 is 0 Å². The van der Waals surface area contributed by atoms with Gasteiger partial charge in [-0.25, -0.2) is 0 Å². The van der Waals surface area contributed by atoms with Gasteiger partial charge in [0, 0.05) is 0 Å². The summed E-state index contributed by atoms with van der Waals surface area (Å²) in [4.78, 5) is 0. The van der Waals surface area contributed by atoms with E-state index in [0.29, 0.717) is 0 Å². The lowest BCUT2D eigenvalue weighted by atomic mass is 9.91. The third kappa shape index (κ3) is 1.86. The standard InChI is InChI=1S/C15H20/c1-4-12(5-2)13-8-9-15-11(3)6-7-14(15)10-13/h8-10,12H,3-7H2,1-2H3. The van der Waals surface area contributed by atoms with Crippen molar-refractivity contribution >= 4 is 5.57 Å². The first-order chi connectivity index (χ1) is 7.26. The van der Waals surface area contributed by atoms with Crippen LogP contribution in [-0.4, -0.2) is 0 Å². The second-order valence-electron chi connectivity index (χ2n) is 4.53. The molecule has 0 bridgehead atoms. The van der Waals surface area contributed by atoms with E-state index >= 15 is 0 Å². The Kier molecular flexibility index (Phi) is 2.95. The van der Waals surface area contributed by atoms with Crippen molar-refractivity contribution in [3.05, 3.63) is 41.5 Å². The number of benzene rings is 1.